The first kappa shape index (κ1) is 12.0. The third-order valence-electron chi connectivity index (χ3n) is 3.00. The summed E-state index contributed by atoms with van der Waals surface area (Å²) in [7, 11) is 0. The summed E-state index contributed by atoms with van der Waals surface area (Å²) in [6, 6.07) is 9.24. The molecule has 19 heavy (non-hydrogen) atoms. The standard InChI is InChI=1S/C14H13N3OS/c15-11-3-4-13-12(8-11)17(6-7-19-13)14(18)10-2-1-5-16-9-10/h1-5,8-9H,6-7,15H2. The van der Waals surface area contributed by atoms with Crippen LogP contribution in [0.25, 0.3) is 0 Å². The number of thioether (sulfide) groups is 1. The van der Waals surface area contributed by atoms with Gasteiger partial charge in [0.25, 0.3) is 5.91 Å². The number of nitrogen functional groups attached to an aromatic ring is 1. The molecule has 1 aliphatic heterocycles. The van der Waals surface area contributed by atoms with Gasteiger partial charge in [0, 0.05) is 35.3 Å². The number of nitrogens with zero attached hydrogens (tertiary/aromatic N) is 2. The van der Waals surface area contributed by atoms with Gasteiger partial charge < -0.3 is 10.6 Å². The monoisotopic (exact) mass is 271 g/mol. The molecular weight excluding hydrogens is 258 g/mol. The van der Waals surface area contributed by atoms with Crippen LogP contribution in [-0.4, -0.2) is 23.2 Å². The predicted octanol–water partition coefficient (Wildman–Crippen LogP) is 2.42. The fourth-order valence-corrected chi connectivity index (χ4v) is 3.07. The number of aromatic nitrogens is 1. The number of pyridine rings is 1. The van der Waals surface area contributed by atoms with Gasteiger partial charge in [-0.3, -0.25) is 9.78 Å². The summed E-state index contributed by atoms with van der Waals surface area (Å²) in [6.45, 7) is 0.689. The van der Waals surface area contributed by atoms with E-state index in [0.717, 1.165) is 16.3 Å². The van der Waals surface area contributed by atoms with Crippen molar-refractivity contribution in [2.75, 3.05) is 22.9 Å². The van der Waals surface area contributed by atoms with E-state index in [9.17, 15) is 4.79 Å². The molecule has 3 rings (SSSR count). The number of carbonyl (C=O) groups is 1. The van der Waals surface area contributed by atoms with Crippen LogP contribution in [-0.2, 0) is 0 Å². The number of anilines is 2. The van der Waals surface area contributed by atoms with Crippen molar-refractivity contribution in [3.63, 3.8) is 0 Å². The number of hydrogen-bond donors (Lipinski definition) is 1. The number of amides is 1. The van der Waals surface area contributed by atoms with E-state index in [1.807, 2.05) is 18.2 Å². The van der Waals surface area contributed by atoms with Crippen LogP contribution in [0, 0.1) is 0 Å². The Bertz CT molecular complexity index is 615. The maximum atomic E-state index is 12.5. The molecule has 1 amide bonds. The van der Waals surface area contributed by atoms with Crippen molar-refractivity contribution in [3.8, 4) is 0 Å². The molecule has 0 radical (unpaired) electrons. The number of carbonyl (C=O) groups excluding carboxylic acids is 1. The second-order valence-corrected chi connectivity index (χ2v) is 5.41. The summed E-state index contributed by atoms with van der Waals surface area (Å²) < 4.78 is 0. The van der Waals surface area contributed by atoms with Crippen molar-refractivity contribution < 1.29 is 4.79 Å². The van der Waals surface area contributed by atoms with Crippen molar-refractivity contribution in [3.05, 3.63) is 48.3 Å². The fourth-order valence-electron chi connectivity index (χ4n) is 2.09. The van der Waals surface area contributed by atoms with Crippen molar-refractivity contribution in [1.82, 2.24) is 4.98 Å². The van der Waals surface area contributed by atoms with Gasteiger partial charge in [-0.2, -0.15) is 0 Å². The molecule has 0 aliphatic carbocycles. The summed E-state index contributed by atoms with van der Waals surface area (Å²) >= 11 is 1.75. The van der Waals surface area contributed by atoms with Gasteiger partial charge in [0.05, 0.1) is 11.3 Å². The average molecular weight is 271 g/mol. The minimum Gasteiger partial charge on any atom is -0.399 e. The van der Waals surface area contributed by atoms with Crippen molar-refractivity contribution in [2.45, 2.75) is 4.90 Å². The quantitative estimate of drug-likeness (QED) is 0.809. The van der Waals surface area contributed by atoms with Crippen LogP contribution in [0.4, 0.5) is 11.4 Å². The Hall–Kier alpha value is -2.01. The van der Waals surface area contributed by atoms with E-state index in [4.69, 9.17) is 5.73 Å². The molecular formula is C14H13N3OS. The SMILES string of the molecule is Nc1ccc2c(c1)N(C(=O)c1cccnc1)CCS2. The van der Waals surface area contributed by atoms with Crippen molar-refractivity contribution in [2.24, 2.45) is 0 Å². The normalized spacial score (nSPS) is 14.0. The first-order chi connectivity index (χ1) is 9.25. The molecule has 0 spiro atoms. The number of benzene rings is 1. The number of nitrogens with two attached hydrogens (primary N) is 1. The van der Waals surface area contributed by atoms with Gasteiger partial charge in [-0.1, -0.05) is 0 Å². The van der Waals surface area contributed by atoms with E-state index in [1.165, 1.54) is 0 Å². The molecule has 0 saturated heterocycles. The molecule has 0 unspecified atom stereocenters. The minimum atomic E-state index is -0.0275. The summed E-state index contributed by atoms with van der Waals surface area (Å²) in [5.41, 5.74) is 7.99. The van der Waals surface area contributed by atoms with E-state index in [1.54, 1.807) is 41.2 Å². The topological polar surface area (TPSA) is 59.2 Å². The Kier molecular flexibility index (Phi) is 3.13. The molecule has 1 aliphatic rings. The van der Waals surface area contributed by atoms with Gasteiger partial charge >= 0.3 is 0 Å². The highest BCUT2D eigenvalue weighted by molar-refractivity contribution is 7.99. The molecule has 1 aromatic carbocycles. The Balaban J connectivity index is 2.00. The van der Waals surface area contributed by atoms with Crippen LogP contribution in [0.3, 0.4) is 0 Å². The molecule has 0 bridgehead atoms. The van der Waals surface area contributed by atoms with Crippen LogP contribution in [0.1, 0.15) is 10.4 Å². The molecule has 0 saturated carbocycles. The average Bonchev–Trinajstić information content (AvgIpc) is 2.47. The first-order valence-electron chi connectivity index (χ1n) is 6.00. The third kappa shape index (κ3) is 2.29. The van der Waals surface area contributed by atoms with Gasteiger partial charge in [0.15, 0.2) is 0 Å². The molecule has 0 atom stereocenters. The zero-order chi connectivity index (χ0) is 13.2. The predicted molar refractivity (Wildman–Crippen MR) is 77.5 cm³/mol. The highest BCUT2D eigenvalue weighted by Gasteiger charge is 2.24. The van der Waals surface area contributed by atoms with Gasteiger partial charge in [0.2, 0.25) is 0 Å². The Morgan fingerprint density at radius 3 is 3.05 bits per heavy atom. The van der Waals surface area contributed by atoms with Crippen LogP contribution in [0.2, 0.25) is 0 Å². The summed E-state index contributed by atoms with van der Waals surface area (Å²) in [4.78, 5) is 19.4. The molecule has 1 aromatic heterocycles. The lowest BCUT2D eigenvalue weighted by Gasteiger charge is -2.29. The lowest BCUT2D eigenvalue weighted by atomic mass is 10.2. The van der Waals surface area contributed by atoms with Crippen molar-refractivity contribution >= 4 is 29.0 Å². The Labute approximate surface area is 115 Å². The van der Waals surface area contributed by atoms with Crippen LogP contribution < -0.4 is 10.6 Å². The van der Waals surface area contributed by atoms with Gasteiger partial charge in [-0.25, -0.2) is 0 Å². The van der Waals surface area contributed by atoms with Crippen LogP contribution in [0.5, 0.6) is 0 Å². The summed E-state index contributed by atoms with van der Waals surface area (Å²) in [5, 5.41) is 0. The minimum absolute atomic E-state index is 0.0275. The lowest BCUT2D eigenvalue weighted by molar-refractivity contribution is 0.0987. The van der Waals surface area contributed by atoms with E-state index in [-0.39, 0.29) is 5.91 Å². The third-order valence-corrected chi connectivity index (χ3v) is 4.04. The van der Waals surface area contributed by atoms with E-state index in [2.05, 4.69) is 4.98 Å². The number of rotatable bonds is 1. The zero-order valence-corrected chi connectivity index (χ0v) is 11.1. The van der Waals surface area contributed by atoms with E-state index >= 15 is 0 Å². The van der Waals surface area contributed by atoms with Crippen molar-refractivity contribution in [1.29, 1.82) is 0 Å². The van der Waals surface area contributed by atoms with E-state index < -0.39 is 0 Å². The highest BCUT2D eigenvalue weighted by atomic mass is 32.2. The second kappa shape index (κ2) is 4.93. The highest BCUT2D eigenvalue weighted by Crippen LogP contribution is 2.36. The van der Waals surface area contributed by atoms with E-state index in [0.29, 0.717) is 17.8 Å². The van der Waals surface area contributed by atoms with Gasteiger partial charge in [-0.05, 0) is 30.3 Å². The molecule has 96 valence electrons. The molecule has 2 aromatic rings. The smallest absolute Gasteiger partial charge is 0.259 e. The number of hydrogen-bond acceptors (Lipinski definition) is 4. The van der Waals surface area contributed by atoms with Gasteiger partial charge in [0.1, 0.15) is 0 Å². The largest absolute Gasteiger partial charge is 0.399 e. The Morgan fingerprint density at radius 2 is 2.26 bits per heavy atom. The van der Waals surface area contributed by atoms with Crippen LogP contribution in [0.15, 0.2) is 47.6 Å². The summed E-state index contributed by atoms with van der Waals surface area (Å²) in [5.74, 6) is 0.864. The molecule has 0 fully saturated rings. The van der Waals surface area contributed by atoms with Crippen LogP contribution >= 0.6 is 11.8 Å². The lowest BCUT2D eigenvalue weighted by Crippen LogP contribution is -2.35. The number of fused-ring (bicyclic) bond motifs is 1. The first-order valence-corrected chi connectivity index (χ1v) is 6.98. The molecule has 2 N–H and O–H groups in total. The maximum Gasteiger partial charge on any atom is 0.259 e. The molecule has 4 nitrogen and oxygen atoms in total. The Morgan fingerprint density at radius 1 is 1.37 bits per heavy atom. The molecule has 5 heteroatoms. The molecule has 2 heterocycles. The fraction of sp³-hybridized carbons (Fsp3) is 0.143. The van der Waals surface area contributed by atoms with Gasteiger partial charge in [-0.15, -0.1) is 11.8 Å². The summed E-state index contributed by atoms with van der Waals surface area (Å²) in [6.07, 6.45) is 3.25. The second-order valence-electron chi connectivity index (χ2n) is 4.27. The zero-order valence-electron chi connectivity index (χ0n) is 10.2. The maximum absolute atomic E-state index is 12.5.